The maximum atomic E-state index is 9.24. The van der Waals surface area contributed by atoms with Gasteiger partial charge in [-0.3, -0.25) is 4.98 Å². The summed E-state index contributed by atoms with van der Waals surface area (Å²) in [5.41, 5.74) is 0. The first-order chi connectivity index (χ1) is 5.59. The molecule has 0 saturated heterocycles. The molecule has 1 rings (SSSR count). The highest BCUT2D eigenvalue weighted by Crippen LogP contribution is 2.14. The third-order valence-corrected chi connectivity index (χ3v) is 2.76. The number of rotatable bonds is 3. The number of aliphatic hydroxyl groups excluding tert-OH is 1. The quantitative estimate of drug-likeness (QED) is 0.711. The van der Waals surface area contributed by atoms with Gasteiger partial charge in [0.25, 0.3) is 0 Å². The SMILES string of the molecule is CC(C)Bc1ncc(C(C)O)s1. The summed E-state index contributed by atoms with van der Waals surface area (Å²) in [4.78, 5) is 6.33. The summed E-state index contributed by atoms with van der Waals surface area (Å²) >= 11 is 1.61. The summed E-state index contributed by atoms with van der Waals surface area (Å²) in [6.07, 6.45) is 1.40. The monoisotopic (exact) mass is 183 g/mol. The first-order valence-electron chi connectivity index (χ1n) is 4.22. The summed E-state index contributed by atoms with van der Waals surface area (Å²) in [7, 11) is 1.01. The summed E-state index contributed by atoms with van der Waals surface area (Å²) < 4.78 is 0. The lowest BCUT2D eigenvalue weighted by Gasteiger charge is -1.97. The fourth-order valence-electron chi connectivity index (χ4n) is 0.961. The molecule has 0 aromatic carbocycles. The molecular formula is C8H14BNOS. The lowest BCUT2D eigenvalue weighted by atomic mass is 9.67. The molecule has 1 heterocycles. The Balaban J connectivity index is 2.64. The molecule has 0 aliphatic heterocycles. The van der Waals surface area contributed by atoms with E-state index in [4.69, 9.17) is 0 Å². The van der Waals surface area contributed by atoms with Gasteiger partial charge in [0.05, 0.1) is 11.0 Å². The molecule has 1 unspecified atom stereocenters. The molecule has 2 nitrogen and oxygen atoms in total. The highest BCUT2D eigenvalue weighted by molar-refractivity contribution is 7.21. The van der Waals surface area contributed by atoms with Gasteiger partial charge in [-0.2, -0.15) is 0 Å². The van der Waals surface area contributed by atoms with Crippen LogP contribution in [-0.4, -0.2) is 17.4 Å². The van der Waals surface area contributed by atoms with E-state index in [1.165, 1.54) is 0 Å². The van der Waals surface area contributed by atoms with Gasteiger partial charge in [0.1, 0.15) is 0 Å². The van der Waals surface area contributed by atoms with Crippen LogP contribution >= 0.6 is 11.3 Å². The molecule has 1 aromatic rings. The summed E-state index contributed by atoms with van der Waals surface area (Å²) in [5, 5.41) is 9.24. The lowest BCUT2D eigenvalue weighted by molar-refractivity contribution is 0.203. The zero-order chi connectivity index (χ0) is 9.14. The molecule has 0 amide bonds. The van der Waals surface area contributed by atoms with Crippen LogP contribution in [0.25, 0.3) is 0 Å². The van der Waals surface area contributed by atoms with Crippen molar-refractivity contribution in [3.05, 3.63) is 11.1 Å². The van der Waals surface area contributed by atoms with E-state index in [0.29, 0.717) is 5.82 Å². The molecule has 1 N–H and O–H groups in total. The average Bonchev–Trinajstić information content (AvgIpc) is 2.34. The topological polar surface area (TPSA) is 33.1 Å². The predicted octanol–water partition coefficient (Wildman–Crippen LogP) is 1.09. The minimum atomic E-state index is -0.372. The Morgan fingerprint density at radius 2 is 2.17 bits per heavy atom. The van der Waals surface area contributed by atoms with E-state index in [1.807, 2.05) is 0 Å². The Morgan fingerprint density at radius 3 is 2.58 bits per heavy atom. The van der Waals surface area contributed by atoms with Crippen molar-refractivity contribution in [2.75, 3.05) is 0 Å². The highest BCUT2D eigenvalue weighted by atomic mass is 32.1. The summed E-state index contributed by atoms with van der Waals surface area (Å²) in [5.74, 6) is 0.637. The average molecular weight is 183 g/mol. The van der Waals surface area contributed by atoms with Crippen LogP contribution in [0.4, 0.5) is 0 Å². The van der Waals surface area contributed by atoms with E-state index in [1.54, 1.807) is 24.5 Å². The van der Waals surface area contributed by atoms with Crippen molar-refractivity contribution in [3.63, 3.8) is 0 Å². The number of nitrogens with zero attached hydrogens (tertiary/aromatic N) is 1. The Bertz CT molecular complexity index is 247. The van der Waals surface area contributed by atoms with Gasteiger partial charge in [-0.1, -0.05) is 19.7 Å². The molecule has 4 heteroatoms. The summed E-state index contributed by atoms with van der Waals surface area (Å²) in [6.45, 7) is 6.11. The van der Waals surface area contributed by atoms with Crippen LogP contribution in [0, 0.1) is 0 Å². The van der Waals surface area contributed by atoms with Crippen molar-refractivity contribution in [2.45, 2.75) is 32.7 Å². The molecule has 0 aliphatic carbocycles. The van der Waals surface area contributed by atoms with E-state index in [9.17, 15) is 5.11 Å². The zero-order valence-electron chi connectivity index (χ0n) is 7.74. The molecule has 0 radical (unpaired) electrons. The number of aliphatic hydroxyl groups is 1. The largest absolute Gasteiger partial charge is 0.388 e. The summed E-state index contributed by atoms with van der Waals surface area (Å²) in [6, 6.07) is 0. The lowest BCUT2D eigenvalue weighted by Crippen LogP contribution is -2.14. The molecule has 0 aliphatic rings. The maximum Gasteiger partial charge on any atom is 0.198 e. The zero-order valence-corrected chi connectivity index (χ0v) is 8.56. The van der Waals surface area contributed by atoms with Crippen molar-refractivity contribution in [3.8, 4) is 0 Å². The second-order valence-electron chi connectivity index (χ2n) is 3.43. The molecular weight excluding hydrogens is 169 g/mol. The van der Waals surface area contributed by atoms with Crippen LogP contribution in [0.15, 0.2) is 6.20 Å². The minimum absolute atomic E-state index is 0.372. The normalized spacial score (nSPS) is 13.4. The number of thiazole rings is 1. The Morgan fingerprint density at radius 1 is 1.50 bits per heavy atom. The standard InChI is InChI=1S/C8H14BNOS/c1-5(2)9-8-10-4-7(12-8)6(3)11/h4-6,9,11H,1-3H3. The van der Waals surface area contributed by atoms with Crippen molar-refractivity contribution >= 4 is 23.5 Å². The van der Waals surface area contributed by atoms with Crippen molar-refractivity contribution in [1.82, 2.24) is 4.98 Å². The third kappa shape index (κ3) is 2.61. The second-order valence-corrected chi connectivity index (χ2v) is 4.58. The van der Waals surface area contributed by atoms with Crippen molar-refractivity contribution in [1.29, 1.82) is 0 Å². The van der Waals surface area contributed by atoms with E-state index in [-0.39, 0.29) is 6.10 Å². The third-order valence-electron chi connectivity index (χ3n) is 1.57. The first kappa shape index (κ1) is 9.74. The molecule has 0 bridgehead atoms. The molecule has 0 fully saturated rings. The highest BCUT2D eigenvalue weighted by Gasteiger charge is 2.08. The molecule has 1 aromatic heterocycles. The van der Waals surface area contributed by atoms with Crippen LogP contribution in [0.3, 0.4) is 0 Å². The van der Waals surface area contributed by atoms with Gasteiger partial charge < -0.3 is 5.11 Å². The van der Waals surface area contributed by atoms with Crippen LogP contribution in [0.2, 0.25) is 5.82 Å². The molecule has 12 heavy (non-hydrogen) atoms. The van der Waals surface area contributed by atoms with Gasteiger partial charge in [0.2, 0.25) is 0 Å². The molecule has 1 atom stereocenters. The van der Waals surface area contributed by atoms with E-state index < -0.39 is 0 Å². The first-order valence-corrected chi connectivity index (χ1v) is 5.04. The maximum absolute atomic E-state index is 9.24. The van der Waals surface area contributed by atoms with E-state index in [0.717, 1.165) is 17.1 Å². The van der Waals surface area contributed by atoms with Gasteiger partial charge in [0, 0.05) is 11.1 Å². The number of hydrogen-bond acceptors (Lipinski definition) is 3. The smallest absolute Gasteiger partial charge is 0.198 e. The van der Waals surface area contributed by atoms with Crippen LogP contribution < -0.4 is 4.91 Å². The van der Waals surface area contributed by atoms with Crippen LogP contribution in [-0.2, 0) is 0 Å². The second kappa shape index (κ2) is 4.05. The van der Waals surface area contributed by atoms with Gasteiger partial charge in [-0.25, -0.2) is 0 Å². The fourth-order valence-corrected chi connectivity index (χ4v) is 2.03. The molecule has 0 spiro atoms. The van der Waals surface area contributed by atoms with Crippen molar-refractivity contribution < 1.29 is 5.11 Å². The van der Waals surface area contributed by atoms with Crippen LogP contribution in [0.5, 0.6) is 0 Å². The predicted molar refractivity (Wildman–Crippen MR) is 54.6 cm³/mol. The van der Waals surface area contributed by atoms with Crippen molar-refractivity contribution in [2.24, 2.45) is 0 Å². The van der Waals surface area contributed by atoms with Gasteiger partial charge >= 0.3 is 0 Å². The van der Waals surface area contributed by atoms with E-state index >= 15 is 0 Å². The van der Waals surface area contributed by atoms with Crippen LogP contribution in [0.1, 0.15) is 31.8 Å². The Labute approximate surface area is 77.9 Å². The fraction of sp³-hybridized carbons (Fsp3) is 0.625. The molecule has 66 valence electrons. The van der Waals surface area contributed by atoms with Gasteiger partial charge in [-0.05, 0) is 6.92 Å². The van der Waals surface area contributed by atoms with E-state index in [2.05, 4.69) is 18.8 Å². The number of hydrogen-bond donors (Lipinski definition) is 1. The Hall–Kier alpha value is -0.345. The number of aromatic nitrogens is 1. The minimum Gasteiger partial charge on any atom is -0.388 e. The Kier molecular flexibility index (Phi) is 3.29. The van der Waals surface area contributed by atoms with Gasteiger partial charge in [0.15, 0.2) is 7.28 Å². The van der Waals surface area contributed by atoms with Gasteiger partial charge in [-0.15, -0.1) is 11.3 Å². The molecule has 0 saturated carbocycles.